The van der Waals surface area contributed by atoms with Crippen molar-refractivity contribution in [2.45, 2.75) is 31.2 Å². The van der Waals surface area contributed by atoms with Crippen molar-refractivity contribution in [2.75, 3.05) is 0 Å². The summed E-state index contributed by atoms with van der Waals surface area (Å²) in [7, 11) is 0. The van der Waals surface area contributed by atoms with Gasteiger partial charge in [0.25, 0.3) is 0 Å². The van der Waals surface area contributed by atoms with Gasteiger partial charge < -0.3 is 0 Å². The molecule has 2 heteroatoms. The van der Waals surface area contributed by atoms with Gasteiger partial charge in [-0.2, -0.15) is 4.99 Å². The molecule has 2 nitrogen and oxygen atoms in total. The number of hydrogen-bond donors (Lipinski definition) is 0. The monoisotopic (exact) mass is 225 g/mol. The molecule has 0 saturated heterocycles. The first-order chi connectivity index (χ1) is 8.37. The van der Waals surface area contributed by atoms with Gasteiger partial charge >= 0.3 is 0 Å². The molecule has 2 atom stereocenters. The summed E-state index contributed by atoms with van der Waals surface area (Å²) < 4.78 is 0. The lowest BCUT2D eigenvalue weighted by molar-refractivity contribution is 0.234. The number of hydrogen-bond acceptors (Lipinski definition) is 2. The van der Waals surface area contributed by atoms with Crippen LogP contribution in [0.5, 0.6) is 0 Å². The number of rotatable bonds is 1. The minimum absolute atomic E-state index is 0.328. The van der Waals surface area contributed by atoms with E-state index in [1.165, 1.54) is 11.1 Å². The molecular formula is C15H15NO. The summed E-state index contributed by atoms with van der Waals surface area (Å²) in [6.45, 7) is 0. The quantitative estimate of drug-likeness (QED) is 0.410. The highest BCUT2D eigenvalue weighted by molar-refractivity contribution is 5.44. The summed E-state index contributed by atoms with van der Waals surface area (Å²) in [5, 5.41) is 0. The fourth-order valence-electron chi connectivity index (χ4n) is 3.34. The van der Waals surface area contributed by atoms with E-state index in [1.54, 1.807) is 0 Å². The standard InChI is InChI=1S/C15H15NO/c17-11-16-15-10-4-3-6-13(15)9-8-12-5-1-2-7-14(12)15/h1-5,7,13H,6,8-10H2. The Kier molecular flexibility index (Phi) is 2.45. The fraction of sp³-hybridized carbons (Fsp3) is 0.400. The van der Waals surface area contributed by atoms with Gasteiger partial charge in [0.05, 0.1) is 0 Å². The van der Waals surface area contributed by atoms with Gasteiger partial charge in [-0.15, -0.1) is 0 Å². The summed E-state index contributed by atoms with van der Waals surface area (Å²) >= 11 is 0. The number of fused-ring (bicyclic) bond motifs is 3. The number of aryl methyl sites for hydroxylation is 1. The fourth-order valence-corrected chi connectivity index (χ4v) is 3.34. The molecule has 0 N–H and O–H groups in total. The van der Waals surface area contributed by atoms with Crippen LogP contribution in [0.25, 0.3) is 0 Å². The van der Waals surface area contributed by atoms with Crippen LogP contribution in [0.2, 0.25) is 0 Å². The van der Waals surface area contributed by atoms with Crippen molar-refractivity contribution in [2.24, 2.45) is 10.9 Å². The van der Waals surface area contributed by atoms with Gasteiger partial charge in [-0.3, -0.25) is 0 Å². The van der Waals surface area contributed by atoms with Gasteiger partial charge in [-0.05, 0) is 42.7 Å². The zero-order chi connectivity index (χ0) is 11.7. The average Bonchev–Trinajstić information content (AvgIpc) is 2.39. The highest BCUT2D eigenvalue weighted by Gasteiger charge is 2.44. The van der Waals surface area contributed by atoms with Gasteiger partial charge in [0.2, 0.25) is 6.08 Å². The Morgan fingerprint density at radius 2 is 2.18 bits per heavy atom. The maximum atomic E-state index is 10.8. The van der Waals surface area contributed by atoms with E-state index in [2.05, 4.69) is 35.3 Å². The third kappa shape index (κ3) is 1.49. The van der Waals surface area contributed by atoms with E-state index < -0.39 is 0 Å². The highest BCUT2D eigenvalue weighted by atomic mass is 16.1. The van der Waals surface area contributed by atoms with E-state index in [9.17, 15) is 4.79 Å². The molecule has 0 heterocycles. The molecule has 2 unspecified atom stereocenters. The van der Waals surface area contributed by atoms with Gasteiger partial charge in [-0.25, -0.2) is 4.79 Å². The van der Waals surface area contributed by atoms with Gasteiger partial charge in [-0.1, -0.05) is 36.4 Å². The summed E-state index contributed by atoms with van der Waals surface area (Å²) in [5.74, 6) is 0.462. The second-order valence-corrected chi connectivity index (χ2v) is 4.93. The molecule has 3 rings (SSSR count). The Hall–Kier alpha value is -1.66. The molecule has 0 fully saturated rings. The van der Waals surface area contributed by atoms with Crippen molar-refractivity contribution in [3.8, 4) is 0 Å². The van der Waals surface area contributed by atoms with Crippen LogP contribution >= 0.6 is 0 Å². The van der Waals surface area contributed by atoms with Crippen molar-refractivity contribution >= 4 is 6.08 Å². The van der Waals surface area contributed by atoms with Crippen molar-refractivity contribution in [3.63, 3.8) is 0 Å². The summed E-state index contributed by atoms with van der Waals surface area (Å²) in [5.41, 5.74) is 2.26. The minimum Gasteiger partial charge on any atom is -0.211 e. The number of isocyanates is 1. The minimum atomic E-state index is -0.328. The molecule has 2 aliphatic rings. The zero-order valence-corrected chi connectivity index (χ0v) is 9.73. The molecule has 2 aliphatic carbocycles. The highest BCUT2D eigenvalue weighted by Crippen LogP contribution is 2.48. The van der Waals surface area contributed by atoms with Crippen LogP contribution in [-0.2, 0) is 16.8 Å². The lowest BCUT2D eigenvalue weighted by atomic mass is 9.65. The predicted octanol–water partition coefficient (Wildman–Crippen LogP) is 3.13. The number of nitrogens with zero attached hydrogens (tertiary/aromatic N) is 1. The number of carbonyl (C=O) groups excluding carboxylic acids is 1. The third-order valence-electron chi connectivity index (χ3n) is 4.18. The second kappa shape index (κ2) is 3.97. The molecule has 0 amide bonds. The maximum Gasteiger partial charge on any atom is 0.235 e. The van der Waals surface area contributed by atoms with Crippen molar-refractivity contribution in [1.82, 2.24) is 0 Å². The summed E-state index contributed by atoms with van der Waals surface area (Å²) in [4.78, 5) is 15.0. The average molecular weight is 225 g/mol. The third-order valence-corrected chi connectivity index (χ3v) is 4.18. The summed E-state index contributed by atoms with van der Waals surface area (Å²) in [6.07, 6.45) is 10.3. The van der Waals surface area contributed by atoms with Crippen LogP contribution in [0, 0.1) is 5.92 Å². The van der Waals surface area contributed by atoms with Crippen LogP contribution in [-0.4, -0.2) is 6.08 Å². The van der Waals surface area contributed by atoms with Crippen LogP contribution < -0.4 is 0 Å². The molecule has 0 saturated carbocycles. The molecular weight excluding hydrogens is 210 g/mol. The largest absolute Gasteiger partial charge is 0.235 e. The SMILES string of the molecule is O=C=NC12CC=CCC1CCc1ccccc12. The van der Waals surface area contributed by atoms with E-state index in [1.807, 2.05) is 12.1 Å². The molecule has 1 aromatic rings. The van der Waals surface area contributed by atoms with Gasteiger partial charge in [0, 0.05) is 0 Å². The van der Waals surface area contributed by atoms with Crippen LogP contribution in [0.3, 0.4) is 0 Å². The van der Waals surface area contributed by atoms with Gasteiger partial charge in [0.15, 0.2) is 0 Å². The van der Waals surface area contributed by atoms with E-state index >= 15 is 0 Å². The van der Waals surface area contributed by atoms with Crippen molar-refractivity contribution < 1.29 is 4.79 Å². The Morgan fingerprint density at radius 1 is 1.29 bits per heavy atom. The lowest BCUT2D eigenvalue weighted by Crippen LogP contribution is -2.39. The number of allylic oxidation sites excluding steroid dienone is 1. The topological polar surface area (TPSA) is 29.4 Å². The molecule has 0 spiro atoms. The van der Waals surface area contributed by atoms with E-state index in [0.29, 0.717) is 5.92 Å². The predicted molar refractivity (Wildman–Crippen MR) is 66.4 cm³/mol. The zero-order valence-electron chi connectivity index (χ0n) is 9.73. The van der Waals surface area contributed by atoms with Crippen molar-refractivity contribution in [3.05, 3.63) is 47.5 Å². The number of aliphatic imine (C=N–C) groups is 1. The smallest absolute Gasteiger partial charge is 0.211 e. The van der Waals surface area contributed by atoms with E-state index in [4.69, 9.17) is 0 Å². The number of benzene rings is 1. The van der Waals surface area contributed by atoms with E-state index in [-0.39, 0.29) is 5.54 Å². The first kappa shape index (κ1) is 10.5. The Labute approximate surface area is 101 Å². The van der Waals surface area contributed by atoms with E-state index in [0.717, 1.165) is 25.7 Å². The molecule has 1 aromatic carbocycles. The molecule has 0 aliphatic heterocycles. The molecule has 17 heavy (non-hydrogen) atoms. The molecule has 86 valence electrons. The van der Waals surface area contributed by atoms with Crippen LogP contribution in [0.1, 0.15) is 30.4 Å². The van der Waals surface area contributed by atoms with Crippen LogP contribution in [0.4, 0.5) is 0 Å². The Bertz CT molecular complexity index is 513. The van der Waals surface area contributed by atoms with Crippen molar-refractivity contribution in [1.29, 1.82) is 0 Å². The second-order valence-electron chi connectivity index (χ2n) is 4.93. The Morgan fingerprint density at radius 3 is 3.06 bits per heavy atom. The molecule has 0 radical (unpaired) electrons. The van der Waals surface area contributed by atoms with Gasteiger partial charge in [0.1, 0.15) is 5.54 Å². The first-order valence-corrected chi connectivity index (χ1v) is 6.19. The Balaban J connectivity index is 2.21. The maximum absolute atomic E-state index is 10.8. The molecule has 0 bridgehead atoms. The molecule has 0 aromatic heterocycles. The lowest BCUT2D eigenvalue weighted by Gasteiger charge is -2.42. The normalized spacial score (nSPS) is 30.0. The first-order valence-electron chi connectivity index (χ1n) is 6.19. The summed E-state index contributed by atoms with van der Waals surface area (Å²) in [6, 6.07) is 8.39. The van der Waals surface area contributed by atoms with Crippen LogP contribution in [0.15, 0.2) is 41.4 Å².